The Kier molecular flexibility index (Phi) is 3.30. The Balaban J connectivity index is 1.85. The molecule has 0 bridgehead atoms. The zero-order chi connectivity index (χ0) is 10.7. The Morgan fingerprint density at radius 1 is 1.33 bits per heavy atom. The number of hydrogen-bond donors (Lipinski definition) is 3. The normalized spacial score (nSPS) is 25.7. The minimum absolute atomic E-state index is 0.0926. The van der Waals surface area contributed by atoms with Gasteiger partial charge >= 0.3 is 0 Å². The molecule has 0 radical (unpaired) electrons. The summed E-state index contributed by atoms with van der Waals surface area (Å²) in [5.74, 6) is -0.221. The molecule has 1 aliphatic heterocycles. The standard InChI is InChI=1S/C11H15FN2O/c12-9-3-1-8(2-4-9)5-14-10-6-13-7-11(10)15/h1-4,10-11,13-15H,5-7H2/t10-,11-/m1/s1. The van der Waals surface area contributed by atoms with Crippen molar-refractivity contribution in [2.24, 2.45) is 0 Å². The third-order valence-electron chi connectivity index (χ3n) is 2.66. The number of aliphatic hydroxyl groups is 1. The molecule has 3 nitrogen and oxygen atoms in total. The van der Waals surface area contributed by atoms with E-state index in [4.69, 9.17) is 0 Å². The van der Waals surface area contributed by atoms with E-state index in [1.54, 1.807) is 12.1 Å². The molecule has 4 heteroatoms. The molecule has 2 atom stereocenters. The van der Waals surface area contributed by atoms with E-state index in [9.17, 15) is 9.50 Å². The Morgan fingerprint density at radius 2 is 2.07 bits per heavy atom. The first-order valence-electron chi connectivity index (χ1n) is 5.12. The van der Waals surface area contributed by atoms with Crippen LogP contribution in [0.5, 0.6) is 0 Å². The van der Waals surface area contributed by atoms with Crippen LogP contribution in [0.2, 0.25) is 0 Å². The van der Waals surface area contributed by atoms with Gasteiger partial charge in [0, 0.05) is 25.7 Å². The Hall–Kier alpha value is -0.970. The summed E-state index contributed by atoms with van der Waals surface area (Å²) in [6, 6.07) is 6.48. The quantitative estimate of drug-likeness (QED) is 0.670. The van der Waals surface area contributed by atoms with Crippen LogP contribution in [0.15, 0.2) is 24.3 Å². The van der Waals surface area contributed by atoms with Crippen LogP contribution >= 0.6 is 0 Å². The van der Waals surface area contributed by atoms with E-state index in [1.165, 1.54) is 12.1 Å². The summed E-state index contributed by atoms with van der Waals surface area (Å²) in [4.78, 5) is 0. The molecule has 0 amide bonds. The molecule has 0 unspecified atom stereocenters. The van der Waals surface area contributed by atoms with Crippen LogP contribution in [0.3, 0.4) is 0 Å². The van der Waals surface area contributed by atoms with Crippen molar-refractivity contribution in [1.29, 1.82) is 0 Å². The number of hydrogen-bond acceptors (Lipinski definition) is 3. The third-order valence-corrected chi connectivity index (χ3v) is 2.66. The molecule has 0 spiro atoms. The molecule has 1 aliphatic rings. The number of halogens is 1. The predicted octanol–water partition coefficient (Wildman–Crippen LogP) is 0.248. The zero-order valence-corrected chi connectivity index (χ0v) is 8.41. The van der Waals surface area contributed by atoms with E-state index in [1.807, 2.05) is 0 Å². The lowest BCUT2D eigenvalue weighted by molar-refractivity contribution is 0.162. The molecular weight excluding hydrogens is 195 g/mol. The largest absolute Gasteiger partial charge is 0.390 e. The Bertz CT molecular complexity index is 315. The van der Waals surface area contributed by atoms with Crippen LogP contribution in [-0.2, 0) is 6.54 Å². The number of benzene rings is 1. The first kappa shape index (κ1) is 10.5. The van der Waals surface area contributed by atoms with Gasteiger partial charge in [0.05, 0.1) is 6.10 Å². The molecule has 2 rings (SSSR count). The Morgan fingerprint density at radius 3 is 2.67 bits per heavy atom. The van der Waals surface area contributed by atoms with E-state index in [-0.39, 0.29) is 18.0 Å². The van der Waals surface area contributed by atoms with Crippen molar-refractivity contribution >= 4 is 0 Å². The average molecular weight is 210 g/mol. The summed E-state index contributed by atoms with van der Waals surface area (Å²) in [6.45, 7) is 2.08. The lowest BCUT2D eigenvalue weighted by Gasteiger charge is -2.15. The first-order valence-corrected chi connectivity index (χ1v) is 5.12. The highest BCUT2D eigenvalue weighted by Crippen LogP contribution is 2.04. The van der Waals surface area contributed by atoms with E-state index >= 15 is 0 Å². The van der Waals surface area contributed by atoms with Gasteiger partial charge in [0.15, 0.2) is 0 Å². The van der Waals surface area contributed by atoms with Gasteiger partial charge in [-0.05, 0) is 17.7 Å². The molecule has 0 aromatic heterocycles. The summed E-state index contributed by atoms with van der Waals surface area (Å²) < 4.78 is 12.6. The fourth-order valence-electron chi connectivity index (χ4n) is 1.72. The van der Waals surface area contributed by atoms with Crippen LogP contribution < -0.4 is 10.6 Å². The van der Waals surface area contributed by atoms with Crippen LogP contribution in [0.1, 0.15) is 5.56 Å². The highest BCUT2D eigenvalue weighted by molar-refractivity contribution is 5.16. The summed E-state index contributed by atoms with van der Waals surface area (Å²) in [6.07, 6.45) is -0.328. The molecular formula is C11H15FN2O. The van der Waals surface area contributed by atoms with Gasteiger partial charge < -0.3 is 15.7 Å². The summed E-state index contributed by atoms with van der Waals surface area (Å²) in [7, 11) is 0. The molecule has 3 N–H and O–H groups in total. The maximum Gasteiger partial charge on any atom is 0.123 e. The molecule has 1 heterocycles. The molecule has 0 aliphatic carbocycles. The van der Waals surface area contributed by atoms with Gasteiger partial charge in [0.2, 0.25) is 0 Å². The van der Waals surface area contributed by atoms with Gasteiger partial charge in [-0.25, -0.2) is 4.39 Å². The monoisotopic (exact) mass is 210 g/mol. The minimum atomic E-state index is -0.328. The fraction of sp³-hybridized carbons (Fsp3) is 0.455. The van der Waals surface area contributed by atoms with Crippen LogP contribution in [0, 0.1) is 5.82 Å². The lowest BCUT2D eigenvalue weighted by atomic mass is 10.2. The zero-order valence-electron chi connectivity index (χ0n) is 8.41. The molecule has 0 saturated carbocycles. The highest BCUT2D eigenvalue weighted by atomic mass is 19.1. The molecule has 1 aromatic rings. The maximum atomic E-state index is 12.6. The Labute approximate surface area is 88.3 Å². The average Bonchev–Trinajstić information content (AvgIpc) is 2.63. The van der Waals surface area contributed by atoms with E-state index < -0.39 is 0 Å². The first-order chi connectivity index (χ1) is 7.25. The van der Waals surface area contributed by atoms with Gasteiger partial charge in [-0.3, -0.25) is 0 Å². The van der Waals surface area contributed by atoms with E-state index in [0.717, 1.165) is 12.1 Å². The summed E-state index contributed by atoms with van der Waals surface area (Å²) in [5, 5.41) is 15.9. The van der Waals surface area contributed by atoms with Gasteiger partial charge in [-0.15, -0.1) is 0 Å². The molecule has 1 saturated heterocycles. The smallest absolute Gasteiger partial charge is 0.123 e. The van der Waals surface area contributed by atoms with Crippen molar-refractivity contribution in [3.05, 3.63) is 35.6 Å². The number of nitrogens with one attached hydrogen (secondary N) is 2. The van der Waals surface area contributed by atoms with Crippen LogP contribution in [0.25, 0.3) is 0 Å². The van der Waals surface area contributed by atoms with Crippen molar-refractivity contribution < 1.29 is 9.50 Å². The minimum Gasteiger partial charge on any atom is -0.390 e. The predicted molar refractivity (Wildman–Crippen MR) is 55.9 cm³/mol. The molecule has 1 aromatic carbocycles. The van der Waals surface area contributed by atoms with Crippen molar-refractivity contribution in [1.82, 2.24) is 10.6 Å². The van der Waals surface area contributed by atoms with Gasteiger partial charge in [-0.2, -0.15) is 0 Å². The fourth-order valence-corrected chi connectivity index (χ4v) is 1.72. The van der Waals surface area contributed by atoms with Crippen molar-refractivity contribution in [2.75, 3.05) is 13.1 Å². The summed E-state index contributed by atoms with van der Waals surface area (Å²) >= 11 is 0. The highest BCUT2D eigenvalue weighted by Gasteiger charge is 2.23. The second-order valence-corrected chi connectivity index (χ2v) is 3.84. The maximum absolute atomic E-state index is 12.6. The van der Waals surface area contributed by atoms with Crippen molar-refractivity contribution in [3.8, 4) is 0 Å². The SMILES string of the molecule is O[C@@H]1CNC[C@H]1NCc1ccc(F)cc1. The topological polar surface area (TPSA) is 44.3 Å². The van der Waals surface area contributed by atoms with E-state index in [2.05, 4.69) is 10.6 Å². The second-order valence-electron chi connectivity index (χ2n) is 3.84. The van der Waals surface area contributed by atoms with Crippen molar-refractivity contribution in [3.63, 3.8) is 0 Å². The van der Waals surface area contributed by atoms with Gasteiger partial charge in [-0.1, -0.05) is 12.1 Å². The van der Waals surface area contributed by atoms with Crippen LogP contribution in [-0.4, -0.2) is 30.3 Å². The molecule has 82 valence electrons. The number of rotatable bonds is 3. The summed E-state index contributed by atoms with van der Waals surface area (Å²) in [5.41, 5.74) is 1.02. The lowest BCUT2D eigenvalue weighted by Crippen LogP contribution is -2.38. The number of aliphatic hydroxyl groups excluding tert-OH is 1. The molecule has 1 fully saturated rings. The van der Waals surface area contributed by atoms with Crippen LogP contribution in [0.4, 0.5) is 4.39 Å². The molecule has 15 heavy (non-hydrogen) atoms. The van der Waals surface area contributed by atoms with Gasteiger partial charge in [0.25, 0.3) is 0 Å². The van der Waals surface area contributed by atoms with E-state index in [0.29, 0.717) is 13.1 Å². The second kappa shape index (κ2) is 4.70. The van der Waals surface area contributed by atoms with Gasteiger partial charge in [0.1, 0.15) is 5.82 Å². The number of β-amino-alcohol motifs (C(OH)–C–C–N with tert-alkyl or cyclic N) is 1. The third kappa shape index (κ3) is 2.75. The van der Waals surface area contributed by atoms with Crippen molar-refractivity contribution in [2.45, 2.75) is 18.7 Å².